The summed E-state index contributed by atoms with van der Waals surface area (Å²) in [4.78, 5) is 14.9. The molecule has 1 aromatic carbocycles. The lowest BCUT2D eigenvalue weighted by molar-refractivity contribution is -0.384. The van der Waals surface area contributed by atoms with Gasteiger partial charge >= 0.3 is 0 Å². The number of nitro benzene ring substituents is 1. The number of hydrogen-bond donors (Lipinski definition) is 2. The van der Waals surface area contributed by atoms with Gasteiger partial charge in [-0.05, 0) is 38.4 Å². The number of nitrogens with two attached hydrogens (primary N) is 1. The zero-order chi connectivity index (χ0) is 14.5. The van der Waals surface area contributed by atoms with Gasteiger partial charge < -0.3 is 11.1 Å². The normalized spacial score (nSPS) is 10.7. The van der Waals surface area contributed by atoms with E-state index in [0.29, 0.717) is 6.54 Å². The van der Waals surface area contributed by atoms with Crippen LogP contribution in [0.15, 0.2) is 24.3 Å². The summed E-state index contributed by atoms with van der Waals surface area (Å²) in [6.07, 6.45) is 1.92. The van der Waals surface area contributed by atoms with Crippen LogP contribution < -0.4 is 11.1 Å². The van der Waals surface area contributed by atoms with E-state index in [1.165, 1.54) is 6.07 Å². The second-order valence-electron chi connectivity index (χ2n) is 4.69. The molecule has 0 aliphatic heterocycles. The van der Waals surface area contributed by atoms with Crippen molar-refractivity contribution in [1.29, 1.82) is 0 Å². The predicted octanol–water partition coefficient (Wildman–Crippen LogP) is 2.60. The number of pyridine rings is 1. The first-order valence-electron chi connectivity index (χ1n) is 6.61. The Morgan fingerprint density at radius 3 is 2.85 bits per heavy atom. The Bertz CT molecular complexity index is 628. The Hall–Kier alpha value is -2.21. The fourth-order valence-corrected chi connectivity index (χ4v) is 2.10. The molecule has 2 aromatic rings. The number of fused-ring (bicyclic) bond motifs is 1. The van der Waals surface area contributed by atoms with Crippen LogP contribution in [0.25, 0.3) is 10.9 Å². The molecule has 106 valence electrons. The fourth-order valence-electron chi connectivity index (χ4n) is 2.10. The molecule has 0 bridgehead atoms. The summed E-state index contributed by atoms with van der Waals surface area (Å²) in [6.45, 7) is 3.37. The molecule has 1 aromatic heterocycles. The van der Waals surface area contributed by atoms with Crippen molar-refractivity contribution in [2.75, 3.05) is 18.4 Å². The molecular formula is C14H18N4O2. The number of anilines is 1. The average molecular weight is 274 g/mol. The Labute approximate surface area is 117 Å². The lowest BCUT2D eigenvalue weighted by Gasteiger charge is -2.10. The maximum absolute atomic E-state index is 10.9. The molecule has 0 aliphatic rings. The van der Waals surface area contributed by atoms with Crippen LogP contribution >= 0.6 is 0 Å². The topological polar surface area (TPSA) is 94.1 Å². The Balaban J connectivity index is 2.34. The number of nitro groups is 1. The van der Waals surface area contributed by atoms with Crippen LogP contribution in [0.2, 0.25) is 0 Å². The third-order valence-corrected chi connectivity index (χ3v) is 3.08. The highest BCUT2D eigenvalue weighted by atomic mass is 16.6. The summed E-state index contributed by atoms with van der Waals surface area (Å²) < 4.78 is 0. The van der Waals surface area contributed by atoms with Gasteiger partial charge in [-0.3, -0.25) is 15.1 Å². The van der Waals surface area contributed by atoms with Gasteiger partial charge in [-0.1, -0.05) is 0 Å². The number of aryl methyl sites for hydroxylation is 1. The molecule has 1 heterocycles. The summed E-state index contributed by atoms with van der Waals surface area (Å²) in [5.41, 5.74) is 8.07. The van der Waals surface area contributed by atoms with Crippen LogP contribution in [0.5, 0.6) is 0 Å². The van der Waals surface area contributed by atoms with Crippen molar-refractivity contribution in [3.8, 4) is 0 Å². The largest absolute Gasteiger partial charge is 0.384 e. The average Bonchev–Trinajstić information content (AvgIpc) is 2.42. The molecule has 20 heavy (non-hydrogen) atoms. The van der Waals surface area contributed by atoms with Crippen LogP contribution in [-0.2, 0) is 0 Å². The molecule has 0 unspecified atom stereocenters. The number of aromatic nitrogens is 1. The minimum atomic E-state index is -0.391. The third-order valence-electron chi connectivity index (χ3n) is 3.08. The molecule has 3 N–H and O–H groups in total. The fraction of sp³-hybridized carbons (Fsp3) is 0.357. The summed E-state index contributed by atoms with van der Waals surface area (Å²) in [5.74, 6) is 0. The number of benzene rings is 1. The van der Waals surface area contributed by atoms with Crippen LogP contribution in [0.4, 0.5) is 11.4 Å². The molecule has 6 heteroatoms. The van der Waals surface area contributed by atoms with Crippen LogP contribution in [-0.4, -0.2) is 23.0 Å². The minimum absolute atomic E-state index is 0.0770. The second-order valence-corrected chi connectivity index (χ2v) is 4.69. The number of unbranched alkanes of at least 4 members (excludes halogenated alkanes) is 1. The maximum atomic E-state index is 10.9. The van der Waals surface area contributed by atoms with Gasteiger partial charge in [-0.15, -0.1) is 0 Å². The number of non-ortho nitro benzene ring substituents is 1. The molecule has 6 nitrogen and oxygen atoms in total. The molecule has 0 saturated heterocycles. The van der Waals surface area contributed by atoms with Gasteiger partial charge in [0.05, 0.1) is 10.4 Å². The Morgan fingerprint density at radius 2 is 2.15 bits per heavy atom. The Kier molecular flexibility index (Phi) is 4.47. The molecule has 0 amide bonds. The van der Waals surface area contributed by atoms with E-state index in [4.69, 9.17) is 5.73 Å². The summed E-state index contributed by atoms with van der Waals surface area (Å²) >= 11 is 0. The second kappa shape index (κ2) is 6.29. The first kappa shape index (κ1) is 14.2. The van der Waals surface area contributed by atoms with E-state index in [-0.39, 0.29) is 5.69 Å². The zero-order valence-corrected chi connectivity index (χ0v) is 11.4. The molecular weight excluding hydrogens is 256 g/mol. The lowest BCUT2D eigenvalue weighted by atomic mass is 10.1. The molecule has 0 radical (unpaired) electrons. The first-order chi connectivity index (χ1) is 9.61. The lowest BCUT2D eigenvalue weighted by Crippen LogP contribution is -2.06. The van der Waals surface area contributed by atoms with E-state index in [9.17, 15) is 10.1 Å². The first-order valence-corrected chi connectivity index (χ1v) is 6.61. The molecule has 0 saturated carbocycles. The molecule has 0 spiro atoms. The molecule has 2 rings (SSSR count). The van der Waals surface area contributed by atoms with Crippen molar-refractivity contribution in [3.05, 3.63) is 40.1 Å². The van der Waals surface area contributed by atoms with Gasteiger partial charge in [0.1, 0.15) is 0 Å². The van der Waals surface area contributed by atoms with Crippen LogP contribution in [0.1, 0.15) is 18.5 Å². The van der Waals surface area contributed by atoms with Gasteiger partial charge in [0, 0.05) is 35.4 Å². The standard InChI is InChI=1S/C14H18N4O2/c1-10-8-14(16-7-3-2-6-15)12-9-11(18(19)20)4-5-13(12)17-10/h4-5,8-9H,2-3,6-7,15H2,1H3,(H,16,17). The monoisotopic (exact) mass is 274 g/mol. The van der Waals surface area contributed by atoms with Gasteiger partial charge in [0.2, 0.25) is 0 Å². The van der Waals surface area contributed by atoms with Gasteiger partial charge in [0.15, 0.2) is 0 Å². The third kappa shape index (κ3) is 3.21. The van der Waals surface area contributed by atoms with E-state index in [1.54, 1.807) is 12.1 Å². The highest BCUT2D eigenvalue weighted by Gasteiger charge is 2.10. The smallest absolute Gasteiger partial charge is 0.270 e. The maximum Gasteiger partial charge on any atom is 0.270 e. The van der Waals surface area contributed by atoms with E-state index in [2.05, 4.69) is 10.3 Å². The summed E-state index contributed by atoms with van der Waals surface area (Å²) in [7, 11) is 0. The zero-order valence-electron chi connectivity index (χ0n) is 11.4. The SMILES string of the molecule is Cc1cc(NCCCCN)c2cc([N+](=O)[O-])ccc2n1. The minimum Gasteiger partial charge on any atom is -0.384 e. The van der Waals surface area contributed by atoms with E-state index in [0.717, 1.165) is 41.7 Å². The van der Waals surface area contributed by atoms with Crippen LogP contribution in [0.3, 0.4) is 0 Å². The van der Waals surface area contributed by atoms with Gasteiger partial charge in [-0.25, -0.2) is 0 Å². The number of nitrogens with one attached hydrogen (secondary N) is 1. The molecule has 0 atom stereocenters. The van der Waals surface area contributed by atoms with Gasteiger partial charge in [0.25, 0.3) is 5.69 Å². The highest BCUT2D eigenvalue weighted by molar-refractivity contribution is 5.93. The van der Waals surface area contributed by atoms with Crippen molar-refractivity contribution < 1.29 is 4.92 Å². The quantitative estimate of drug-likeness (QED) is 0.479. The van der Waals surface area contributed by atoms with Gasteiger partial charge in [-0.2, -0.15) is 0 Å². The van der Waals surface area contributed by atoms with Crippen molar-refractivity contribution in [2.24, 2.45) is 5.73 Å². The van der Waals surface area contributed by atoms with Crippen molar-refractivity contribution in [3.63, 3.8) is 0 Å². The summed E-state index contributed by atoms with van der Waals surface area (Å²) in [5, 5.41) is 15.0. The molecule has 0 aliphatic carbocycles. The van der Waals surface area contributed by atoms with Crippen LogP contribution in [0, 0.1) is 17.0 Å². The Morgan fingerprint density at radius 1 is 1.35 bits per heavy atom. The van der Waals surface area contributed by atoms with E-state index < -0.39 is 4.92 Å². The number of hydrogen-bond acceptors (Lipinski definition) is 5. The van der Waals surface area contributed by atoms with E-state index >= 15 is 0 Å². The highest BCUT2D eigenvalue weighted by Crippen LogP contribution is 2.27. The van der Waals surface area contributed by atoms with Crippen molar-refractivity contribution >= 4 is 22.3 Å². The predicted molar refractivity (Wildman–Crippen MR) is 79.9 cm³/mol. The van der Waals surface area contributed by atoms with Crippen molar-refractivity contribution in [1.82, 2.24) is 4.98 Å². The van der Waals surface area contributed by atoms with E-state index in [1.807, 2.05) is 13.0 Å². The number of nitrogens with zero attached hydrogens (tertiary/aromatic N) is 2. The molecule has 0 fully saturated rings. The number of rotatable bonds is 6. The summed E-state index contributed by atoms with van der Waals surface area (Å²) in [6, 6.07) is 6.64. The van der Waals surface area contributed by atoms with Crippen molar-refractivity contribution in [2.45, 2.75) is 19.8 Å².